The number of aromatic nitrogens is 3. The Morgan fingerprint density at radius 3 is 2.65 bits per heavy atom. The molecule has 4 aromatic rings. The lowest BCUT2D eigenvalue weighted by Gasteiger charge is -2.14. The Hall–Kier alpha value is -3.49. The summed E-state index contributed by atoms with van der Waals surface area (Å²) in [4.78, 5) is 12.8. The van der Waals surface area contributed by atoms with E-state index in [0.717, 1.165) is 11.1 Å². The fourth-order valence-corrected chi connectivity index (χ4v) is 3.44. The number of aliphatic hydroxyl groups excluding tert-OH is 1. The molecule has 0 amide bonds. The predicted molar refractivity (Wildman–Crippen MR) is 115 cm³/mol. The van der Waals surface area contributed by atoms with E-state index in [1.165, 1.54) is 4.68 Å². The van der Waals surface area contributed by atoms with Crippen LogP contribution in [0.15, 0.2) is 63.9 Å². The number of para-hydroxylation sites is 1. The second-order valence-corrected chi connectivity index (χ2v) is 7.15. The summed E-state index contributed by atoms with van der Waals surface area (Å²) in [5, 5.41) is 19.5. The van der Waals surface area contributed by atoms with Crippen molar-refractivity contribution < 1.29 is 19.1 Å². The van der Waals surface area contributed by atoms with Gasteiger partial charge in [0.15, 0.2) is 5.52 Å². The number of aryl methyl sites for hydroxylation is 1. The van der Waals surface area contributed by atoms with Gasteiger partial charge in [-0.25, -0.2) is 4.68 Å². The quantitative estimate of drug-likeness (QED) is 0.467. The lowest BCUT2D eigenvalue weighted by Crippen LogP contribution is -2.31. The van der Waals surface area contributed by atoms with E-state index in [1.54, 1.807) is 14.0 Å². The molecule has 2 heterocycles. The monoisotopic (exact) mass is 421 g/mol. The number of ether oxygens (including phenoxy) is 2. The van der Waals surface area contributed by atoms with Gasteiger partial charge in [-0.05, 0) is 13.0 Å². The molecule has 160 valence electrons. The molecule has 0 spiro atoms. The molecule has 8 nitrogen and oxygen atoms in total. The number of hydrogen-bond donors (Lipinski definition) is 1. The first-order chi connectivity index (χ1) is 15.1. The maximum Gasteiger partial charge on any atom is 0.296 e. The molecule has 0 radical (unpaired) electrons. The minimum atomic E-state index is -0.936. The predicted octanol–water partition coefficient (Wildman–Crippen LogP) is 2.95. The molecule has 1 unspecified atom stereocenters. The molecule has 0 fully saturated rings. The number of aliphatic hydroxyl groups is 1. The first kappa shape index (κ1) is 20.8. The maximum absolute atomic E-state index is 12.8. The zero-order chi connectivity index (χ0) is 21.8. The average Bonchev–Trinajstić information content (AvgIpc) is 3.18. The first-order valence-electron chi connectivity index (χ1n) is 9.88. The van der Waals surface area contributed by atoms with Gasteiger partial charge in [0, 0.05) is 11.1 Å². The number of methoxy groups -OCH3 is 1. The van der Waals surface area contributed by atoms with Crippen molar-refractivity contribution in [1.82, 2.24) is 14.9 Å². The molecule has 4 rings (SSSR count). The van der Waals surface area contributed by atoms with Crippen molar-refractivity contribution in [1.29, 1.82) is 0 Å². The molecule has 0 bridgehead atoms. The highest BCUT2D eigenvalue weighted by molar-refractivity contribution is 5.92. The van der Waals surface area contributed by atoms with Crippen molar-refractivity contribution in [2.24, 2.45) is 0 Å². The highest BCUT2D eigenvalue weighted by atomic mass is 16.5. The summed E-state index contributed by atoms with van der Waals surface area (Å²) in [5.41, 5.74) is 2.05. The summed E-state index contributed by atoms with van der Waals surface area (Å²) in [6.45, 7) is 2.02. The smallest absolute Gasteiger partial charge is 0.296 e. The summed E-state index contributed by atoms with van der Waals surface area (Å²) < 4.78 is 17.4. The Bertz CT molecular complexity index is 1230. The summed E-state index contributed by atoms with van der Waals surface area (Å²) in [6, 6.07) is 17.0. The van der Waals surface area contributed by atoms with Crippen molar-refractivity contribution >= 4 is 10.9 Å². The molecule has 31 heavy (non-hydrogen) atoms. The Kier molecular flexibility index (Phi) is 6.11. The van der Waals surface area contributed by atoms with Gasteiger partial charge in [-0.3, -0.25) is 4.79 Å². The lowest BCUT2D eigenvalue weighted by atomic mass is 10.1. The number of nitrogens with zero attached hydrogens (tertiary/aromatic N) is 3. The van der Waals surface area contributed by atoms with Gasteiger partial charge in [0.25, 0.3) is 5.56 Å². The molecular weight excluding hydrogens is 398 g/mol. The van der Waals surface area contributed by atoms with Crippen LogP contribution in [0.5, 0.6) is 5.75 Å². The molecule has 2 aromatic carbocycles. The molecule has 1 atom stereocenters. The van der Waals surface area contributed by atoms with Gasteiger partial charge in [0.2, 0.25) is 0 Å². The van der Waals surface area contributed by atoms with Crippen LogP contribution in [0.25, 0.3) is 22.2 Å². The van der Waals surface area contributed by atoms with Crippen molar-refractivity contribution in [3.63, 3.8) is 0 Å². The van der Waals surface area contributed by atoms with Crippen molar-refractivity contribution in [3.8, 4) is 17.0 Å². The van der Waals surface area contributed by atoms with E-state index >= 15 is 0 Å². The van der Waals surface area contributed by atoms with Gasteiger partial charge >= 0.3 is 0 Å². The lowest BCUT2D eigenvalue weighted by molar-refractivity contribution is 0.0176. The van der Waals surface area contributed by atoms with Crippen LogP contribution in [-0.4, -0.2) is 39.9 Å². The third kappa shape index (κ3) is 4.35. The van der Waals surface area contributed by atoms with Crippen molar-refractivity contribution in [3.05, 3.63) is 76.3 Å². The molecule has 2 aromatic heterocycles. The SMILES string of the molecule is COc1ccccc1COCC(O)Cn1nc(-c2ccccc2)c2c(C)onc2c1=O. The second-order valence-electron chi connectivity index (χ2n) is 7.15. The molecule has 1 N–H and O–H groups in total. The van der Waals surface area contributed by atoms with Gasteiger partial charge in [0.1, 0.15) is 17.2 Å². The van der Waals surface area contributed by atoms with Crippen LogP contribution in [0.2, 0.25) is 0 Å². The minimum Gasteiger partial charge on any atom is -0.496 e. The van der Waals surface area contributed by atoms with Crippen LogP contribution in [-0.2, 0) is 17.9 Å². The standard InChI is InChI=1S/C23H23N3O5/c1-15-20-21(16-8-4-3-5-9-16)24-26(23(28)22(20)25-31-15)12-18(27)14-30-13-17-10-6-7-11-19(17)29-2/h3-11,18,27H,12-14H2,1-2H3. The highest BCUT2D eigenvalue weighted by Gasteiger charge is 2.20. The summed E-state index contributed by atoms with van der Waals surface area (Å²) in [6.07, 6.45) is -0.936. The van der Waals surface area contributed by atoms with Crippen LogP contribution >= 0.6 is 0 Å². The number of fused-ring (bicyclic) bond motifs is 1. The van der Waals surface area contributed by atoms with Crippen LogP contribution in [0.3, 0.4) is 0 Å². The third-order valence-corrected chi connectivity index (χ3v) is 4.95. The Morgan fingerprint density at radius 2 is 1.87 bits per heavy atom. The van der Waals surface area contributed by atoms with Gasteiger partial charge in [-0.2, -0.15) is 5.10 Å². The van der Waals surface area contributed by atoms with Gasteiger partial charge in [-0.1, -0.05) is 53.7 Å². The van der Waals surface area contributed by atoms with E-state index in [-0.39, 0.29) is 25.3 Å². The summed E-state index contributed by atoms with van der Waals surface area (Å²) in [7, 11) is 1.60. The van der Waals surface area contributed by atoms with E-state index in [9.17, 15) is 9.90 Å². The maximum atomic E-state index is 12.8. The Morgan fingerprint density at radius 1 is 1.13 bits per heavy atom. The fourth-order valence-electron chi connectivity index (χ4n) is 3.44. The number of hydrogen-bond acceptors (Lipinski definition) is 7. The molecule has 0 saturated heterocycles. The van der Waals surface area contributed by atoms with E-state index in [1.807, 2.05) is 54.6 Å². The topological polar surface area (TPSA) is 99.6 Å². The van der Waals surface area contributed by atoms with Crippen LogP contribution in [0.1, 0.15) is 11.3 Å². The minimum absolute atomic E-state index is 0.0305. The van der Waals surface area contributed by atoms with Crippen LogP contribution < -0.4 is 10.3 Å². The molecular formula is C23H23N3O5. The molecule has 0 saturated carbocycles. The van der Waals surface area contributed by atoms with E-state index in [4.69, 9.17) is 14.0 Å². The van der Waals surface area contributed by atoms with Gasteiger partial charge < -0.3 is 19.1 Å². The van der Waals surface area contributed by atoms with Crippen molar-refractivity contribution in [2.75, 3.05) is 13.7 Å². The second kappa shape index (κ2) is 9.11. The molecule has 0 aliphatic heterocycles. The van der Waals surface area contributed by atoms with Gasteiger partial charge in [0.05, 0.1) is 38.4 Å². The highest BCUT2D eigenvalue weighted by Crippen LogP contribution is 2.27. The van der Waals surface area contributed by atoms with E-state index < -0.39 is 11.7 Å². The zero-order valence-electron chi connectivity index (χ0n) is 17.3. The molecule has 0 aliphatic carbocycles. The summed E-state index contributed by atoms with van der Waals surface area (Å²) in [5.74, 6) is 1.24. The number of benzene rings is 2. The number of rotatable bonds is 8. The summed E-state index contributed by atoms with van der Waals surface area (Å²) >= 11 is 0. The molecule has 0 aliphatic rings. The first-order valence-corrected chi connectivity index (χ1v) is 9.88. The van der Waals surface area contributed by atoms with E-state index in [2.05, 4.69) is 10.3 Å². The average molecular weight is 421 g/mol. The molecule has 8 heteroatoms. The normalized spacial score (nSPS) is 12.2. The van der Waals surface area contributed by atoms with Crippen molar-refractivity contribution in [2.45, 2.75) is 26.2 Å². The van der Waals surface area contributed by atoms with Gasteiger partial charge in [-0.15, -0.1) is 0 Å². The van der Waals surface area contributed by atoms with E-state index in [0.29, 0.717) is 22.6 Å². The van der Waals surface area contributed by atoms with Crippen LogP contribution in [0, 0.1) is 6.92 Å². The zero-order valence-corrected chi connectivity index (χ0v) is 17.3. The Labute approximate surface area is 178 Å². The largest absolute Gasteiger partial charge is 0.496 e. The Balaban J connectivity index is 1.54. The van der Waals surface area contributed by atoms with Crippen LogP contribution in [0.4, 0.5) is 0 Å². The fraction of sp³-hybridized carbons (Fsp3) is 0.261. The third-order valence-electron chi connectivity index (χ3n) is 4.95.